The number of rotatable bonds is 6. The zero-order valence-corrected chi connectivity index (χ0v) is 15.6. The minimum Gasteiger partial charge on any atom is -0.494 e. The molecular formula is C20H20N2O3S. The van der Waals surface area contributed by atoms with Gasteiger partial charge >= 0.3 is 0 Å². The van der Waals surface area contributed by atoms with E-state index in [0.29, 0.717) is 22.6 Å². The van der Waals surface area contributed by atoms with Gasteiger partial charge in [-0.25, -0.2) is 0 Å². The first-order chi connectivity index (χ1) is 12.6. The largest absolute Gasteiger partial charge is 0.494 e. The number of aryl methyl sites for hydroxylation is 1. The van der Waals surface area contributed by atoms with Crippen LogP contribution in [0.25, 0.3) is 21.0 Å². The molecule has 0 unspecified atom stereocenters. The fourth-order valence-electron chi connectivity index (χ4n) is 3.04. The molecule has 5 nitrogen and oxygen atoms in total. The van der Waals surface area contributed by atoms with Crippen LogP contribution in [0.1, 0.15) is 29.4 Å². The van der Waals surface area contributed by atoms with Crippen LogP contribution in [-0.4, -0.2) is 24.1 Å². The standard InChI is InChI=1S/C20H20N2O3S/c1-4-6-12-22-14-10-8-7-9-13(14)17-15(20(22)24)16(25-3)18(26-17)19(23)21-11-5-2/h2,7-10H,4,6,11-12H2,1,3H3,(H,21,23). The molecule has 0 saturated heterocycles. The number of ether oxygens (including phenoxy) is 1. The number of pyridine rings is 1. The minimum atomic E-state index is -0.329. The number of thiophene rings is 1. The van der Waals surface area contributed by atoms with Crippen molar-refractivity contribution in [2.24, 2.45) is 0 Å². The zero-order chi connectivity index (χ0) is 18.7. The van der Waals surface area contributed by atoms with Gasteiger partial charge in [-0.15, -0.1) is 17.8 Å². The Labute approximate surface area is 155 Å². The summed E-state index contributed by atoms with van der Waals surface area (Å²) in [6, 6.07) is 7.76. The predicted molar refractivity (Wildman–Crippen MR) is 106 cm³/mol. The SMILES string of the molecule is C#CCNC(=O)c1sc2c(c1OC)c(=O)n(CCCC)c1ccccc21. The van der Waals surface area contributed by atoms with Crippen LogP contribution in [0.15, 0.2) is 29.1 Å². The van der Waals surface area contributed by atoms with Crippen LogP contribution in [0, 0.1) is 12.3 Å². The summed E-state index contributed by atoms with van der Waals surface area (Å²) in [7, 11) is 1.48. The molecular weight excluding hydrogens is 348 g/mol. The quantitative estimate of drug-likeness (QED) is 0.679. The Hall–Kier alpha value is -2.78. The van der Waals surface area contributed by atoms with Gasteiger partial charge in [-0.3, -0.25) is 9.59 Å². The molecule has 0 saturated carbocycles. The fraction of sp³-hybridized carbons (Fsp3) is 0.300. The number of methoxy groups -OCH3 is 1. The Kier molecular flexibility index (Phi) is 5.29. The molecule has 1 N–H and O–H groups in total. The predicted octanol–water partition coefficient (Wildman–Crippen LogP) is 3.39. The summed E-state index contributed by atoms with van der Waals surface area (Å²) in [5.41, 5.74) is 0.745. The number of carbonyl (C=O) groups excluding carboxylic acids is 1. The molecule has 0 bridgehead atoms. The highest BCUT2D eigenvalue weighted by Gasteiger charge is 2.24. The van der Waals surface area contributed by atoms with Crippen LogP contribution in [0.3, 0.4) is 0 Å². The van der Waals surface area contributed by atoms with Crippen LogP contribution in [0.2, 0.25) is 0 Å². The van der Waals surface area contributed by atoms with Crippen molar-refractivity contribution in [2.45, 2.75) is 26.3 Å². The van der Waals surface area contributed by atoms with E-state index in [1.165, 1.54) is 18.4 Å². The lowest BCUT2D eigenvalue weighted by Gasteiger charge is -2.11. The van der Waals surface area contributed by atoms with Crippen LogP contribution >= 0.6 is 11.3 Å². The van der Waals surface area contributed by atoms with Crippen molar-refractivity contribution in [1.29, 1.82) is 0 Å². The topological polar surface area (TPSA) is 60.3 Å². The summed E-state index contributed by atoms with van der Waals surface area (Å²) in [5.74, 6) is 2.37. The number of benzene rings is 1. The van der Waals surface area contributed by atoms with Crippen molar-refractivity contribution in [3.63, 3.8) is 0 Å². The number of hydrogen-bond acceptors (Lipinski definition) is 4. The van der Waals surface area contributed by atoms with Crippen molar-refractivity contribution in [3.05, 3.63) is 39.5 Å². The molecule has 0 spiro atoms. The maximum Gasteiger partial charge on any atom is 0.265 e. The summed E-state index contributed by atoms with van der Waals surface area (Å²) < 4.78 is 8.02. The van der Waals surface area contributed by atoms with Gasteiger partial charge in [-0.1, -0.05) is 37.5 Å². The molecule has 1 amide bonds. The van der Waals surface area contributed by atoms with E-state index >= 15 is 0 Å². The van der Waals surface area contributed by atoms with Gasteiger partial charge in [0.05, 0.1) is 23.9 Å². The molecule has 1 aromatic carbocycles. The molecule has 6 heteroatoms. The van der Waals surface area contributed by atoms with E-state index in [1.54, 1.807) is 4.57 Å². The average Bonchev–Trinajstić information content (AvgIpc) is 3.06. The van der Waals surface area contributed by atoms with E-state index < -0.39 is 0 Å². The molecule has 0 aliphatic rings. The highest BCUT2D eigenvalue weighted by Crippen LogP contribution is 2.39. The first kappa shape index (κ1) is 18.0. The summed E-state index contributed by atoms with van der Waals surface area (Å²) in [6.07, 6.45) is 7.11. The molecule has 3 rings (SSSR count). The highest BCUT2D eigenvalue weighted by molar-refractivity contribution is 7.22. The maximum absolute atomic E-state index is 13.2. The monoisotopic (exact) mass is 368 g/mol. The van der Waals surface area contributed by atoms with E-state index in [-0.39, 0.29) is 18.0 Å². The number of nitrogens with zero attached hydrogens (tertiary/aromatic N) is 1. The number of fused-ring (bicyclic) bond motifs is 3. The van der Waals surface area contributed by atoms with Crippen molar-refractivity contribution < 1.29 is 9.53 Å². The third-order valence-corrected chi connectivity index (χ3v) is 5.46. The normalized spacial score (nSPS) is 10.8. The van der Waals surface area contributed by atoms with Crippen molar-refractivity contribution in [2.75, 3.05) is 13.7 Å². The number of carbonyl (C=O) groups is 1. The average molecular weight is 368 g/mol. The van der Waals surface area contributed by atoms with Crippen LogP contribution in [-0.2, 0) is 6.54 Å². The number of terminal acetylenes is 1. The van der Waals surface area contributed by atoms with E-state index in [0.717, 1.165) is 28.4 Å². The smallest absolute Gasteiger partial charge is 0.265 e. The molecule has 0 aliphatic heterocycles. The summed E-state index contributed by atoms with van der Waals surface area (Å²) >= 11 is 1.26. The number of unbranched alkanes of at least 4 members (excludes halogenated alkanes) is 1. The Morgan fingerprint density at radius 1 is 1.38 bits per heavy atom. The molecule has 0 radical (unpaired) electrons. The molecule has 2 heterocycles. The first-order valence-electron chi connectivity index (χ1n) is 8.47. The van der Waals surface area contributed by atoms with Crippen LogP contribution in [0.4, 0.5) is 0 Å². The van der Waals surface area contributed by atoms with E-state index in [9.17, 15) is 9.59 Å². The third-order valence-electron chi connectivity index (χ3n) is 4.26. The van der Waals surface area contributed by atoms with Gasteiger partial charge in [0, 0.05) is 11.9 Å². The van der Waals surface area contributed by atoms with Gasteiger partial charge < -0.3 is 14.6 Å². The lowest BCUT2D eigenvalue weighted by Crippen LogP contribution is -2.23. The molecule has 0 aliphatic carbocycles. The molecule has 3 aromatic rings. The third kappa shape index (κ3) is 2.95. The number of amides is 1. The Morgan fingerprint density at radius 2 is 2.15 bits per heavy atom. The van der Waals surface area contributed by atoms with Crippen molar-refractivity contribution in [3.8, 4) is 18.1 Å². The van der Waals surface area contributed by atoms with Crippen molar-refractivity contribution in [1.82, 2.24) is 9.88 Å². The van der Waals surface area contributed by atoms with Crippen molar-refractivity contribution >= 4 is 38.2 Å². The highest BCUT2D eigenvalue weighted by atomic mass is 32.1. The zero-order valence-electron chi connectivity index (χ0n) is 14.8. The lowest BCUT2D eigenvalue weighted by atomic mass is 10.1. The van der Waals surface area contributed by atoms with E-state index in [4.69, 9.17) is 11.2 Å². The maximum atomic E-state index is 13.2. The molecule has 0 atom stereocenters. The second-order valence-corrected chi connectivity index (χ2v) is 6.90. The van der Waals surface area contributed by atoms with Gasteiger partial charge in [0.25, 0.3) is 11.5 Å². The van der Waals surface area contributed by atoms with Gasteiger partial charge in [0.1, 0.15) is 10.3 Å². The summed E-state index contributed by atoms with van der Waals surface area (Å²) in [5, 5.41) is 4.05. The molecule has 26 heavy (non-hydrogen) atoms. The van der Waals surface area contributed by atoms with Crippen LogP contribution in [0.5, 0.6) is 5.75 Å². The van der Waals surface area contributed by atoms with E-state index in [1.807, 2.05) is 24.3 Å². The van der Waals surface area contributed by atoms with E-state index in [2.05, 4.69) is 18.2 Å². The Morgan fingerprint density at radius 3 is 2.85 bits per heavy atom. The fourth-order valence-corrected chi connectivity index (χ4v) is 4.25. The lowest BCUT2D eigenvalue weighted by molar-refractivity contribution is 0.0960. The van der Waals surface area contributed by atoms with Gasteiger partial charge in [0.2, 0.25) is 0 Å². The summed E-state index contributed by atoms with van der Waals surface area (Å²) in [4.78, 5) is 26.0. The van der Waals surface area contributed by atoms with Crippen LogP contribution < -0.4 is 15.6 Å². The first-order valence-corrected chi connectivity index (χ1v) is 9.29. The van der Waals surface area contributed by atoms with Gasteiger partial charge in [0.15, 0.2) is 5.75 Å². The number of para-hydroxylation sites is 1. The number of aromatic nitrogens is 1. The second-order valence-electron chi connectivity index (χ2n) is 5.88. The molecule has 0 fully saturated rings. The number of nitrogens with one attached hydrogen (secondary N) is 1. The Bertz CT molecular complexity index is 1070. The van der Waals surface area contributed by atoms with Gasteiger partial charge in [-0.05, 0) is 12.5 Å². The minimum absolute atomic E-state index is 0.123. The summed E-state index contributed by atoms with van der Waals surface area (Å²) in [6.45, 7) is 2.84. The van der Waals surface area contributed by atoms with Gasteiger partial charge in [-0.2, -0.15) is 0 Å². The number of hydrogen-bond donors (Lipinski definition) is 1. The Balaban J connectivity index is 2.35. The second kappa shape index (κ2) is 7.63. The molecule has 134 valence electrons. The molecule has 2 aromatic heterocycles.